The van der Waals surface area contributed by atoms with Gasteiger partial charge < -0.3 is 102 Å². The first kappa shape index (κ1) is 77.6. The molecule has 14 unspecified atom stereocenters. The molecule has 4 aliphatic heterocycles. The summed E-state index contributed by atoms with van der Waals surface area (Å²) in [5, 5.41) is 121. The van der Waals surface area contributed by atoms with Gasteiger partial charge in [-0.15, -0.1) is 4.33 Å². The zero-order valence-corrected chi connectivity index (χ0v) is 58.1. The van der Waals surface area contributed by atoms with Gasteiger partial charge in [0.05, 0.1) is 55.4 Å². The van der Waals surface area contributed by atoms with Crippen LogP contribution in [0.4, 0.5) is 0 Å². The topological polar surface area (TPSA) is 484 Å². The van der Waals surface area contributed by atoms with Gasteiger partial charge in [0.1, 0.15) is 59.2 Å². The number of nitrogens with two attached hydrogens (primary N) is 1. The first-order valence-corrected chi connectivity index (χ1v) is 33.6. The molecule has 15 N–H and O–H groups in total. The number of fused-ring (bicyclic) bond motifs is 3. The summed E-state index contributed by atoms with van der Waals surface area (Å²) in [6, 6.07) is 4.30. The van der Waals surface area contributed by atoms with Gasteiger partial charge in [-0.25, -0.2) is 9.50 Å². The van der Waals surface area contributed by atoms with Gasteiger partial charge in [-0.3, -0.25) is 43.4 Å². The van der Waals surface area contributed by atoms with Crippen LogP contribution in [-0.2, 0) is 42.9 Å². The molecule has 33 nitrogen and oxygen atoms in total. The number of phenols is 1. The third kappa shape index (κ3) is 19.9. The molecular weight excluding hydrogens is 1350 g/mol. The fourth-order valence-corrected chi connectivity index (χ4v) is 13.4. The number of β-amino-alcohol motifs (C(OH)–C–C–N with tert-alkyl or cyclic N) is 1. The van der Waals surface area contributed by atoms with E-state index in [1.54, 1.807) is 22.8 Å². The fourth-order valence-electron chi connectivity index (χ4n) is 12.3. The van der Waals surface area contributed by atoms with Crippen LogP contribution in [0.25, 0.3) is 26.8 Å². The number of aromatic nitrogens is 3. The summed E-state index contributed by atoms with van der Waals surface area (Å²) in [4.78, 5) is 123. The molecule has 14 atom stereocenters. The van der Waals surface area contributed by atoms with E-state index in [9.17, 15) is 84.5 Å². The summed E-state index contributed by atoms with van der Waals surface area (Å²) in [5.41, 5.74) is 6.97. The zero-order valence-electron chi connectivity index (χ0n) is 54.5. The maximum Gasteiger partial charge on any atom is 1.00 e. The van der Waals surface area contributed by atoms with Crippen molar-refractivity contribution in [1.29, 1.82) is 0 Å². The molecule has 6 heterocycles. The van der Waals surface area contributed by atoms with Crippen LogP contribution in [0.15, 0.2) is 72.9 Å². The van der Waals surface area contributed by atoms with Crippen LogP contribution in [0.2, 0.25) is 0 Å². The second kappa shape index (κ2) is 35.9. The van der Waals surface area contributed by atoms with E-state index >= 15 is 0 Å². The molecule has 0 saturated carbocycles. The van der Waals surface area contributed by atoms with Gasteiger partial charge >= 0.3 is 29.6 Å². The van der Waals surface area contributed by atoms with Crippen molar-refractivity contribution >= 4 is 75.9 Å². The smallest absolute Gasteiger partial charge is 0.691 e. The van der Waals surface area contributed by atoms with Gasteiger partial charge in [-0.1, -0.05) is 55.7 Å². The first-order valence-electron chi connectivity index (χ1n) is 32.1. The van der Waals surface area contributed by atoms with Crippen molar-refractivity contribution in [3.05, 3.63) is 84.1 Å². The molecule has 4 fully saturated rings. The molecule has 8 amide bonds. The number of piperidine rings is 1. The summed E-state index contributed by atoms with van der Waals surface area (Å²) < 4.78 is 16.7. The maximum atomic E-state index is 14.7. The number of phenolic OH excluding ortho intramolecular Hbond substituents is 1. The number of hydrogen-bond acceptors (Lipinski definition) is 26. The number of unbranched alkanes of at least 4 members (excludes halogenated alkanes) is 3. The molecule has 532 valence electrons. The number of imidazole rings is 1. The molecule has 0 bridgehead atoms. The van der Waals surface area contributed by atoms with Crippen LogP contribution in [0, 0.1) is 5.92 Å². The molecule has 5 aromatic rings. The third-order valence-electron chi connectivity index (χ3n) is 17.6. The molecular formula is C63H81N12NaO21S2. The number of likely N-dealkylation sites (tertiary alicyclic amines) is 1. The molecule has 99 heavy (non-hydrogen) atoms. The molecule has 2 aromatic heterocycles. The Morgan fingerprint density at radius 2 is 1.47 bits per heavy atom. The number of rotatable bonds is 23. The predicted molar refractivity (Wildman–Crippen MR) is 344 cm³/mol. The molecule has 0 radical (unpaired) electrons. The second-order valence-corrected chi connectivity index (χ2v) is 26.3. The normalized spacial score (nSPS) is 25.2. The maximum absolute atomic E-state index is 14.7. The minimum atomic E-state index is -2.54. The van der Waals surface area contributed by atoms with Gasteiger partial charge in [0.15, 0.2) is 11.5 Å². The Hall–Kier alpha value is -7.17. The molecule has 4 saturated heterocycles. The molecule has 0 aliphatic carbocycles. The van der Waals surface area contributed by atoms with E-state index in [4.69, 9.17) is 24.7 Å². The number of aliphatic hydroxyl groups is 7. The molecule has 0 spiro atoms. The minimum Gasteiger partial charge on any atom is -0.691 e. The van der Waals surface area contributed by atoms with Crippen molar-refractivity contribution in [3.63, 3.8) is 0 Å². The van der Waals surface area contributed by atoms with Gasteiger partial charge in [0, 0.05) is 55.1 Å². The van der Waals surface area contributed by atoms with E-state index in [2.05, 4.69) is 40.9 Å². The Morgan fingerprint density at radius 1 is 0.798 bits per heavy atom. The van der Waals surface area contributed by atoms with E-state index in [-0.39, 0.29) is 53.0 Å². The minimum absolute atomic E-state index is 0. The van der Waals surface area contributed by atoms with E-state index < -0.39 is 183 Å². The Bertz CT molecular complexity index is 3580. The SMILES string of the molecule is CC(O)C1NC(=O)C(NC(=O)c2ccc(-c3cn4nc(-c5ccc(OCCCCCCN6CCCCC6)cc5)sc4n3)cc2)CC(O)CNC(=O)C2C(O)C(C)CN2C(=O)C(C(O)CC(N)=O)NC(=O)C(C(O)C(O)c2ccc(O)c(OSOO[O-])c2)NC(=O)C2CC(O)CN2C1=O.[Na+]. The summed E-state index contributed by atoms with van der Waals surface area (Å²) >= 11 is 1.27. The molecule has 3 aromatic carbocycles. The average Bonchev–Trinajstić information content (AvgIpc) is 1.68. The number of aromatic hydroxyl groups is 1. The van der Waals surface area contributed by atoms with Crippen molar-refractivity contribution < 1.29 is 132 Å². The number of hydrogen-bond donors (Lipinski definition) is 14. The number of nitrogens with zero attached hydrogens (tertiary/aromatic N) is 6. The predicted octanol–water partition coefficient (Wildman–Crippen LogP) is -5.26. The standard InChI is InChI=1S/C63H82N12O21S2.Na/c1-32-29-74-51(52(32)82)59(89)65-28-38(77)25-41(66-55(85)35-12-10-34(11-13-35)42-31-75-63(67-42)97-60(71-75)36-14-17-40(18-15-36)93-23-9-4-3-6-20-72-21-7-5-8-22-72)56(86)68-48(33(2)76)61(90)73-30-39(78)26-43(73)57(87)70-50(58(88)69-49(62(74)91)45(80)27-47(64)81)54(84)53(83)37-16-19-44(79)46(24-37)94-98-96-95-92;/h10-19,24,31-33,38-39,41,43,45,48-54,76-80,82-84,92H,3-9,20-23,25-30H2,1-2H3,(H2,64,81)(H,65,89)(H,66,85)(H,68,86)(H,69,88)(H,70,87);/q;+1/p-1. The number of benzene rings is 3. The van der Waals surface area contributed by atoms with Gasteiger partial charge in [-0.2, -0.15) is 5.10 Å². The Balaban J connectivity index is 0.0000125. The van der Waals surface area contributed by atoms with Crippen LogP contribution in [0.3, 0.4) is 0 Å². The second-order valence-electron chi connectivity index (χ2n) is 24.9. The monoisotopic (exact) mass is 1430 g/mol. The molecule has 4 aliphatic rings. The summed E-state index contributed by atoms with van der Waals surface area (Å²) in [5.74, 6) is -11.2. The summed E-state index contributed by atoms with van der Waals surface area (Å²) in [6.07, 6.45) is -6.10. The van der Waals surface area contributed by atoms with Crippen molar-refractivity contribution in [1.82, 2.24) is 55.9 Å². The van der Waals surface area contributed by atoms with E-state index in [1.807, 2.05) is 24.3 Å². The van der Waals surface area contributed by atoms with E-state index in [0.29, 0.717) is 27.8 Å². The molecule has 9 rings (SSSR count). The van der Waals surface area contributed by atoms with Crippen molar-refractivity contribution in [2.75, 3.05) is 45.9 Å². The number of aliphatic hydroxyl groups excluding tert-OH is 7. The van der Waals surface area contributed by atoms with E-state index in [1.165, 1.54) is 82.1 Å². The van der Waals surface area contributed by atoms with Gasteiger partial charge in [0.25, 0.3) is 18.2 Å². The van der Waals surface area contributed by atoms with E-state index in [0.717, 1.165) is 59.1 Å². The Morgan fingerprint density at radius 3 is 2.16 bits per heavy atom. The quantitative estimate of drug-likeness (QED) is 0.00955. The van der Waals surface area contributed by atoms with Gasteiger partial charge in [-0.05, 0) is 106 Å². The number of nitrogens with one attached hydrogen (secondary N) is 5. The van der Waals surface area contributed by atoms with Crippen molar-refractivity contribution in [3.8, 4) is 39.1 Å². The number of carbonyl (C=O) groups excluding carboxylic acids is 8. The number of primary amides is 1. The largest absolute Gasteiger partial charge is 1.00 e. The van der Waals surface area contributed by atoms with Crippen molar-refractivity contribution in [2.24, 2.45) is 11.7 Å². The Kier molecular flexibility index (Phi) is 28.1. The van der Waals surface area contributed by atoms with Crippen LogP contribution in [0.5, 0.6) is 17.2 Å². The third-order valence-corrected chi connectivity index (χ3v) is 18.9. The summed E-state index contributed by atoms with van der Waals surface area (Å²) in [6.45, 7) is 4.90. The van der Waals surface area contributed by atoms with Crippen LogP contribution >= 0.6 is 23.7 Å². The van der Waals surface area contributed by atoms with Crippen LogP contribution in [-0.4, -0.2) is 236 Å². The zero-order chi connectivity index (χ0) is 70.5. The van der Waals surface area contributed by atoms with Crippen LogP contribution in [0.1, 0.15) is 100 Å². The Labute approximate surface area is 598 Å². The van der Waals surface area contributed by atoms with Crippen LogP contribution < -0.4 is 76.1 Å². The van der Waals surface area contributed by atoms with Gasteiger partial charge in [0.2, 0.25) is 46.3 Å². The first-order chi connectivity index (χ1) is 46.9. The number of ether oxygens (including phenoxy) is 1. The average molecular weight is 1430 g/mol. The van der Waals surface area contributed by atoms with Crippen molar-refractivity contribution in [2.45, 2.75) is 157 Å². The summed E-state index contributed by atoms with van der Waals surface area (Å²) in [7, 11) is 0. The number of carbonyl (C=O) groups is 8. The fraction of sp³-hybridized carbons (Fsp3) is 0.524. The number of amides is 8. The molecule has 36 heteroatoms.